The zero-order chi connectivity index (χ0) is 103. The maximum atomic E-state index is 14.1. The quantitative estimate of drug-likeness (QED) is 0.00167. The summed E-state index contributed by atoms with van der Waals surface area (Å²) >= 11 is 4.92. The van der Waals surface area contributed by atoms with Crippen LogP contribution in [-0.2, 0) is 70.0 Å². The first-order valence-electron chi connectivity index (χ1n) is 45.0. The van der Waals surface area contributed by atoms with E-state index in [-0.39, 0.29) is 160 Å². The molecule has 0 spiro atoms. The van der Waals surface area contributed by atoms with Gasteiger partial charge in [0.2, 0.25) is 30.3 Å². The topological polar surface area (TPSA) is 579 Å². The molecule has 2 saturated carbocycles. The number of carbonyl (C=O) groups is 14. The number of rotatable bonds is 37. The summed E-state index contributed by atoms with van der Waals surface area (Å²) in [6, 6.07) is 36.2. The minimum absolute atomic E-state index is 0.0102. The molecule has 40 heteroatoms. The number of aryl methyl sites for hydroxylation is 2. The van der Waals surface area contributed by atoms with Crippen LogP contribution in [0.2, 0.25) is 0 Å². The van der Waals surface area contributed by atoms with Crippen LogP contribution in [-0.4, -0.2) is 183 Å². The molecule has 39 nitrogen and oxygen atoms in total. The highest BCUT2D eigenvalue weighted by Gasteiger charge is 2.33. The Morgan fingerprint density at radius 2 is 0.901 bits per heavy atom. The molecule has 13 rings (SSSR count). The van der Waals surface area contributed by atoms with Crippen molar-refractivity contribution >= 4 is 129 Å². The fourth-order valence-electron chi connectivity index (χ4n) is 13.8. The number of pyridine rings is 2. The Labute approximate surface area is 815 Å². The molecule has 6 aromatic carbocycles. The van der Waals surface area contributed by atoms with E-state index in [1.807, 2.05) is 13.8 Å². The minimum Gasteiger partial charge on any atom is -0.463 e. The molecule has 5 atom stereocenters. The van der Waals surface area contributed by atoms with E-state index in [1.165, 1.54) is 74.5 Å². The molecule has 5 heterocycles. The Hall–Kier alpha value is -15.9. The van der Waals surface area contributed by atoms with E-state index in [0.717, 1.165) is 48.8 Å². The van der Waals surface area contributed by atoms with Crippen molar-refractivity contribution in [2.45, 2.75) is 170 Å². The molecule has 0 radical (unpaired) electrons. The van der Waals surface area contributed by atoms with Crippen LogP contribution >= 0.6 is 11.6 Å². The number of esters is 5. The third kappa shape index (κ3) is 34.0. The molecule has 5 aliphatic rings. The average Bonchev–Trinajstić information content (AvgIpc) is 1.69. The number of amides is 5. The third-order valence-corrected chi connectivity index (χ3v) is 22.1. The molecule has 2 aromatic heterocycles. The summed E-state index contributed by atoms with van der Waals surface area (Å²) in [7, 11) is 0. The Balaban J connectivity index is 0.000000227. The summed E-state index contributed by atoms with van der Waals surface area (Å²) in [6.07, 6.45) is 7.14. The number of nitrogens with one attached hydrogen (secondary N) is 7. The second-order valence-corrected chi connectivity index (χ2v) is 34.3. The summed E-state index contributed by atoms with van der Waals surface area (Å²) in [5.41, 5.74) is 11.2. The van der Waals surface area contributed by atoms with Crippen molar-refractivity contribution in [3.63, 3.8) is 0 Å². The van der Waals surface area contributed by atoms with E-state index in [1.54, 1.807) is 125 Å². The fraction of sp³-hybridized carbons (Fsp3) is 0.347. The second-order valence-electron chi connectivity index (χ2n) is 34.0. The lowest BCUT2D eigenvalue weighted by atomic mass is 9.89. The first kappa shape index (κ1) is 109. The molecule has 0 bridgehead atoms. The standard InChI is InChI=1S/C42H46N4O9.C35H38N4O6.C12H12N2O6.C7H4ClNO4.C5H9NO2/c1-6-28-19-33(36(47)18-26-9-11-29(12-10-26)34(43)20-38(49)53-22-30-13-16-37(48)45-30)32(17-24(28)4)31-14-15-35(40(50)44-21-27-7-8-27)46-39(31)42(52)55-25(5)54-41(51)23(2)3;1-6-24-17-28(30(40)16-22-9-11-25(12-10-22)32(36)37)27(15-20(24)4)26-13-14-29(33(41)38-18-23-7-8-23)39-31(26)35(43)45-21(5)44-34(42)19(2)3;15-11-6-1-8(13-11)7-19-12(16)20-10-4-2-9(3-5-10)14(17)18;8-7(10)13-6-3-1-5(2-4-6)9(11)12;7-3-4-1-2-5(8)6-4/h6,9-12,14-15,17,19,23,25,27,30,43H,1,7-8,13,16,18,20-22H2,2-5H3,(H,44,50)(H,45,48);6,9-15,17,19,21,23H,1,7-8,16,18H2,2-5H3,(H3,36,37)(H,38,41);2-5,8H,1,6-7H2,(H,13,15);1-4H;4,7H,1-3H2,(H,6,8)/t25?,30-;;8-;;4-/m0.0.0/s1. The van der Waals surface area contributed by atoms with Gasteiger partial charge in [0, 0.05) is 128 Å². The van der Waals surface area contributed by atoms with Gasteiger partial charge in [0.05, 0.1) is 52.8 Å². The Bertz CT molecular complexity index is 6060. The van der Waals surface area contributed by atoms with Gasteiger partial charge in [-0.25, -0.2) is 29.1 Å². The number of aliphatic hydroxyl groups excluding tert-OH is 1. The Morgan fingerprint density at radius 3 is 1.24 bits per heavy atom. The Kier molecular flexibility index (Phi) is 40.1. The Morgan fingerprint density at radius 1 is 0.518 bits per heavy atom. The van der Waals surface area contributed by atoms with Crippen molar-refractivity contribution in [2.24, 2.45) is 29.4 Å². The number of Topliss-reactive ketones (excluding diaryl/α,β-unsaturated/α-hetero) is 2. The molecule has 141 heavy (non-hydrogen) atoms. The summed E-state index contributed by atoms with van der Waals surface area (Å²) in [6.45, 7) is 22.0. The van der Waals surface area contributed by atoms with E-state index in [2.05, 4.69) is 54.4 Å². The van der Waals surface area contributed by atoms with Gasteiger partial charge in [0.25, 0.3) is 23.2 Å². The lowest BCUT2D eigenvalue weighted by molar-refractivity contribution is -0.385. The number of halogens is 1. The maximum absolute atomic E-state index is 14.1. The zero-order valence-corrected chi connectivity index (χ0v) is 79.4. The molecule has 742 valence electrons. The summed E-state index contributed by atoms with van der Waals surface area (Å²) < 4.78 is 40.8. The number of nitrogens with zero attached hydrogens (tertiary/aromatic N) is 4. The number of ether oxygens (including phenoxy) is 8. The first-order chi connectivity index (χ1) is 67.0. The molecule has 2 unspecified atom stereocenters. The van der Waals surface area contributed by atoms with Crippen LogP contribution in [0.3, 0.4) is 0 Å². The first-order valence-corrected chi connectivity index (χ1v) is 45.4. The van der Waals surface area contributed by atoms with Crippen LogP contribution < -0.4 is 41.8 Å². The van der Waals surface area contributed by atoms with E-state index < -0.39 is 87.5 Å². The van der Waals surface area contributed by atoms with Crippen molar-refractivity contribution in [1.82, 2.24) is 36.6 Å². The third-order valence-electron chi connectivity index (χ3n) is 22.1. The van der Waals surface area contributed by atoms with Crippen LogP contribution in [0.1, 0.15) is 219 Å². The number of ketones is 2. The fourth-order valence-corrected chi connectivity index (χ4v) is 13.9. The second kappa shape index (κ2) is 52.0. The molecule has 2 aliphatic carbocycles. The lowest BCUT2D eigenvalue weighted by Crippen LogP contribution is -2.31. The molecule has 10 N–H and O–H groups in total. The van der Waals surface area contributed by atoms with Crippen LogP contribution in [0, 0.1) is 68.6 Å². The number of hydrogen-bond donors (Lipinski definition) is 9. The predicted octanol–water partition coefficient (Wildman–Crippen LogP) is 13.8. The number of nitro groups is 2. The van der Waals surface area contributed by atoms with E-state index >= 15 is 0 Å². The number of carbonyl (C=O) groups excluding carboxylic acids is 14. The van der Waals surface area contributed by atoms with Crippen molar-refractivity contribution in [3.05, 3.63) is 257 Å². The van der Waals surface area contributed by atoms with Crippen molar-refractivity contribution in [2.75, 3.05) is 32.9 Å². The molecule has 8 aromatic rings. The SMILES string of the molecule is C=Cc1cc(C(=O)Cc2ccc(C(=N)CC(=O)OC[C@@H]3CCC(=O)N3)cc2)c(-c2ccc(C(=O)NCC3CC3)nc2C(=O)OC(C)OC(=O)C(C)C)cc1C.C=Cc1cc(C(=O)Cc2ccc(C(=N)N)cc2)c(-c2ccc(C(=O)NCC3CC3)nc2C(=O)OC(C)OC(=O)C(C)C)cc1C.O=C(Cl)Oc1ccc([N+](=O)[O-])cc1.O=C1CC[C@@H](CO)N1.O=C1CC[C@@H](COC(=O)Oc2ccc([N+](=O)[O-])cc2)N1. The van der Waals surface area contributed by atoms with Gasteiger partial charge in [0.15, 0.2) is 23.0 Å². The highest BCUT2D eigenvalue weighted by molar-refractivity contribution is 6.61. The summed E-state index contributed by atoms with van der Waals surface area (Å²) in [5.74, 6) is -4.89. The number of nitro benzene ring substituents is 2. The van der Waals surface area contributed by atoms with Crippen LogP contribution in [0.25, 0.3) is 34.4 Å². The number of aromatic nitrogens is 2. The van der Waals surface area contributed by atoms with Gasteiger partial charge in [-0.05, 0) is 181 Å². The van der Waals surface area contributed by atoms with Crippen LogP contribution in [0.15, 0.2) is 159 Å². The van der Waals surface area contributed by atoms with Gasteiger partial charge in [0.1, 0.15) is 41.9 Å². The average molecular weight is 1960 g/mol. The number of aliphatic hydroxyl groups is 1. The van der Waals surface area contributed by atoms with Crippen LogP contribution in [0.5, 0.6) is 11.5 Å². The lowest BCUT2D eigenvalue weighted by Gasteiger charge is -2.18. The van der Waals surface area contributed by atoms with Crippen molar-refractivity contribution in [3.8, 4) is 33.8 Å². The minimum atomic E-state index is -1.26. The largest absolute Gasteiger partial charge is 0.513 e. The van der Waals surface area contributed by atoms with Crippen LogP contribution in [0.4, 0.5) is 21.0 Å². The maximum Gasteiger partial charge on any atom is 0.513 e. The molecule has 3 saturated heterocycles. The summed E-state index contributed by atoms with van der Waals surface area (Å²) in [5, 5.41) is 58.8. The van der Waals surface area contributed by atoms with Gasteiger partial charge in [-0.3, -0.25) is 73.6 Å². The number of benzene rings is 6. The number of nitrogens with two attached hydrogens (primary N) is 1. The normalized spacial score (nSPS) is 15.1. The monoisotopic (exact) mass is 1960 g/mol. The van der Waals surface area contributed by atoms with E-state index in [4.69, 9.17) is 66.4 Å². The number of hydrogen-bond acceptors (Lipinski definition) is 31. The number of amidine groups is 1. The van der Waals surface area contributed by atoms with Crippen molar-refractivity contribution < 1.29 is 120 Å². The number of non-ortho nitro benzene ring substituents is 2. The predicted molar refractivity (Wildman–Crippen MR) is 514 cm³/mol. The van der Waals surface area contributed by atoms with E-state index in [0.29, 0.717) is 102 Å². The highest BCUT2D eigenvalue weighted by Crippen LogP contribution is 2.36. The van der Waals surface area contributed by atoms with E-state index in [9.17, 15) is 87.4 Å². The van der Waals surface area contributed by atoms with Gasteiger partial charge in [-0.1, -0.05) is 114 Å². The van der Waals surface area contributed by atoms with Gasteiger partial charge in [-0.2, -0.15) is 0 Å². The van der Waals surface area contributed by atoms with Gasteiger partial charge in [-0.15, -0.1) is 0 Å². The molecule has 5 fully saturated rings. The van der Waals surface area contributed by atoms with Crippen molar-refractivity contribution in [1.29, 1.82) is 10.8 Å². The van der Waals surface area contributed by atoms with Gasteiger partial charge < -0.3 is 80.7 Å². The molecule has 3 aliphatic heterocycles. The zero-order valence-electron chi connectivity index (χ0n) is 78.7. The number of nitrogen functional groups attached to an aromatic ring is 1. The summed E-state index contributed by atoms with van der Waals surface area (Å²) in [4.78, 5) is 201. The smallest absolute Gasteiger partial charge is 0.463 e. The highest BCUT2D eigenvalue weighted by atomic mass is 35.5. The molecular weight excluding hydrogens is 1850 g/mol. The van der Waals surface area contributed by atoms with Gasteiger partial charge >= 0.3 is 41.4 Å². The molecular formula is C101H109ClN12O27. The molecule has 5 amide bonds.